The van der Waals surface area contributed by atoms with Crippen molar-refractivity contribution in [1.82, 2.24) is 15.5 Å². The molecule has 4 heterocycles. The molecule has 4 saturated heterocycles. The predicted molar refractivity (Wildman–Crippen MR) is 210 cm³/mol. The molecule has 4 N–H and O–H groups in total. The molecule has 4 aliphatic rings. The molecule has 0 aliphatic carbocycles. The Morgan fingerprint density at radius 2 is 1.68 bits per heavy atom. The van der Waals surface area contributed by atoms with Gasteiger partial charge < -0.3 is 30.7 Å². The zero-order chi connectivity index (χ0) is 37.0. The number of piperidine rings is 3. The third-order valence-corrected chi connectivity index (χ3v) is 11.9. The summed E-state index contributed by atoms with van der Waals surface area (Å²) in [6, 6.07) is 24.3. The van der Waals surface area contributed by atoms with Gasteiger partial charge in [0.2, 0.25) is 11.8 Å². The van der Waals surface area contributed by atoms with Gasteiger partial charge in [0.15, 0.2) is 0 Å². The lowest BCUT2D eigenvalue weighted by Gasteiger charge is -2.40. The Balaban J connectivity index is 0.818. The van der Waals surface area contributed by atoms with Crippen molar-refractivity contribution in [3.63, 3.8) is 0 Å². The Kier molecular flexibility index (Phi) is 11.1. The maximum absolute atomic E-state index is 13.4. The first-order chi connectivity index (χ1) is 25.7. The van der Waals surface area contributed by atoms with Crippen molar-refractivity contribution in [1.29, 1.82) is 5.26 Å². The minimum absolute atomic E-state index is 0.100. The normalized spacial score (nSPS) is 21.7. The maximum Gasteiger partial charge on any atom is 0.253 e. The summed E-state index contributed by atoms with van der Waals surface area (Å²) in [5.41, 5.74) is 5.59. The van der Waals surface area contributed by atoms with E-state index in [2.05, 4.69) is 56.2 Å². The number of likely N-dealkylation sites (tertiary alicyclic amines) is 1. The molecule has 1 spiro atoms. The SMILES string of the molecule is C[C@H]1CC2(CCN(c3ccc(C(=O)N4CCC(NCCNc5cccc(NC6CCC(=O)NC6=O)c5)CC4)cc3)CC2)CN1c1ccc(C#N)c(Cl)c1. The summed E-state index contributed by atoms with van der Waals surface area (Å²) >= 11 is 6.37. The number of rotatable bonds is 10. The summed E-state index contributed by atoms with van der Waals surface area (Å²) in [7, 11) is 0. The third-order valence-electron chi connectivity index (χ3n) is 11.6. The molecule has 7 rings (SSSR count). The zero-order valence-corrected chi connectivity index (χ0v) is 31.1. The van der Waals surface area contributed by atoms with Crippen molar-refractivity contribution < 1.29 is 14.4 Å². The first-order valence-corrected chi connectivity index (χ1v) is 19.3. The van der Waals surface area contributed by atoms with Crippen molar-refractivity contribution in [2.24, 2.45) is 5.41 Å². The molecule has 4 fully saturated rings. The van der Waals surface area contributed by atoms with Gasteiger partial charge in [0.1, 0.15) is 12.1 Å². The van der Waals surface area contributed by atoms with Crippen LogP contribution >= 0.6 is 11.6 Å². The molecule has 1 unspecified atom stereocenters. The number of halogens is 1. The average Bonchev–Trinajstić information content (AvgIpc) is 3.49. The van der Waals surface area contributed by atoms with Crippen LogP contribution in [0.25, 0.3) is 0 Å². The Morgan fingerprint density at radius 1 is 0.943 bits per heavy atom. The second-order valence-corrected chi connectivity index (χ2v) is 15.6. The topological polar surface area (TPSA) is 133 Å². The van der Waals surface area contributed by atoms with Crippen LogP contribution in [0.2, 0.25) is 5.02 Å². The number of amides is 3. The number of anilines is 4. The lowest BCUT2D eigenvalue weighted by Crippen LogP contribution is -2.47. The van der Waals surface area contributed by atoms with Crippen LogP contribution in [0.5, 0.6) is 0 Å². The van der Waals surface area contributed by atoms with Crippen molar-refractivity contribution in [2.75, 3.05) is 66.2 Å². The van der Waals surface area contributed by atoms with E-state index in [1.807, 2.05) is 59.5 Å². The fraction of sp³-hybridized carbons (Fsp3) is 0.463. The van der Waals surface area contributed by atoms with E-state index in [1.165, 1.54) is 5.69 Å². The summed E-state index contributed by atoms with van der Waals surface area (Å²) < 4.78 is 0. The first-order valence-electron chi connectivity index (χ1n) is 19.0. The standard InChI is InChI=1S/C41H49ClN8O3/c1-28-25-41(27-50(28)35-10-7-30(26-43)36(42)24-35)15-21-48(22-16-41)34-8-5-29(6-9-34)40(53)49-19-13-31(14-20-49)44-17-18-45-32-3-2-4-33(23-32)46-37-11-12-38(51)47-39(37)52/h2-10,23-24,28,31,37,44-46H,11-22,25,27H2,1H3,(H,47,51,52)/t28-,37?/m0/s1. The van der Waals surface area contributed by atoms with Crippen LogP contribution in [0, 0.1) is 16.7 Å². The second kappa shape index (κ2) is 16.1. The Hall–Kier alpha value is -4.79. The van der Waals surface area contributed by atoms with Crippen LogP contribution in [0.4, 0.5) is 22.7 Å². The molecule has 0 radical (unpaired) electrons. The lowest BCUT2D eigenvalue weighted by atomic mass is 9.76. The van der Waals surface area contributed by atoms with E-state index in [1.54, 1.807) is 0 Å². The van der Waals surface area contributed by atoms with Gasteiger partial charge in [0.05, 0.1) is 10.6 Å². The fourth-order valence-corrected chi connectivity index (χ4v) is 8.77. The van der Waals surface area contributed by atoms with Gasteiger partial charge in [-0.15, -0.1) is 0 Å². The van der Waals surface area contributed by atoms with Crippen LogP contribution < -0.4 is 31.1 Å². The molecule has 4 aliphatic heterocycles. The molecule has 0 saturated carbocycles. The number of nitrogens with zero attached hydrogens (tertiary/aromatic N) is 4. The highest BCUT2D eigenvalue weighted by Gasteiger charge is 2.44. The Morgan fingerprint density at radius 3 is 2.40 bits per heavy atom. The summed E-state index contributed by atoms with van der Waals surface area (Å²) in [5.74, 6) is -0.400. The molecule has 0 bridgehead atoms. The number of imide groups is 1. The van der Waals surface area contributed by atoms with Crippen LogP contribution in [0.1, 0.15) is 67.8 Å². The summed E-state index contributed by atoms with van der Waals surface area (Å²) in [5, 5.41) is 22.5. The number of nitrogens with one attached hydrogen (secondary N) is 4. The fourth-order valence-electron chi connectivity index (χ4n) is 8.56. The van der Waals surface area contributed by atoms with E-state index in [0.29, 0.717) is 35.5 Å². The molecule has 3 aromatic rings. The summed E-state index contributed by atoms with van der Waals surface area (Å²) in [4.78, 5) is 43.8. The van der Waals surface area contributed by atoms with E-state index in [9.17, 15) is 19.6 Å². The van der Waals surface area contributed by atoms with Gasteiger partial charge in [-0.2, -0.15) is 5.26 Å². The lowest BCUT2D eigenvalue weighted by molar-refractivity contribution is -0.133. The summed E-state index contributed by atoms with van der Waals surface area (Å²) in [6.45, 7) is 8.29. The minimum Gasteiger partial charge on any atom is -0.384 e. The number of hydrogen-bond donors (Lipinski definition) is 4. The van der Waals surface area contributed by atoms with Gasteiger partial charge in [-0.05, 0) is 112 Å². The highest BCUT2D eigenvalue weighted by Crippen LogP contribution is 2.46. The molecular formula is C41H49ClN8O3. The predicted octanol–water partition coefficient (Wildman–Crippen LogP) is 5.62. The highest BCUT2D eigenvalue weighted by molar-refractivity contribution is 6.32. The van der Waals surface area contributed by atoms with Crippen LogP contribution in [-0.4, -0.2) is 86.6 Å². The van der Waals surface area contributed by atoms with E-state index >= 15 is 0 Å². The van der Waals surface area contributed by atoms with Crippen molar-refractivity contribution in [2.45, 2.75) is 70.0 Å². The van der Waals surface area contributed by atoms with Gasteiger partial charge in [-0.1, -0.05) is 17.7 Å². The molecule has 12 heteroatoms. The smallest absolute Gasteiger partial charge is 0.253 e. The zero-order valence-electron chi connectivity index (χ0n) is 30.4. The van der Waals surface area contributed by atoms with E-state index in [4.69, 9.17) is 11.6 Å². The molecule has 3 aromatic carbocycles. The molecular weight excluding hydrogens is 688 g/mol. The van der Waals surface area contributed by atoms with Gasteiger partial charge in [-0.3, -0.25) is 19.7 Å². The van der Waals surface area contributed by atoms with Crippen LogP contribution in [0.3, 0.4) is 0 Å². The maximum atomic E-state index is 13.4. The Labute approximate surface area is 317 Å². The van der Waals surface area contributed by atoms with E-state index < -0.39 is 6.04 Å². The van der Waals surface area contributed by atoms with Gasteiger partial charge in [0.25, 0.3) is 5.91 Å². The average molecular weight is 737 g/mol. The molecule has 3 amide bonds. The number of nitriles is 1. The minimum atomic E-state index is -0.409. The van der Waals surface area contributed by atoms with Gasteiger partial charge in [0, 0.05) is 92.6 Å². The number of carbonyl (C=O) groups is 3. The monoisotopic (exact) mass is 736 g/mol. The third kappa shape index (κ3) is 8.55. The largest absolute Gasteiger partial charge is 0.384 e. The van der Waals surface area contributed by atoms with E-state index in [-0.39, 0.29) is 23.1 Å². The van der Waals surface area contributed by atoms with Crippen molar-refractivity contribution in [3.8, 4) is 6.07 Å². The highest BCUT2D eigenvalue weighted by atomic mass is 35.5. The molecule has 0 aromatic heterocycles. The molecule has 2 atom stereocenters. The number of hydrogen-bond acceptors (Lipinski definition) is 9. The van der Waals surface area contributed by atoms with Crippen molar-refractivity contribution >= 4 is 52.1 Å². The van der Waals surface area contributed by atoms with Gasteiger partial charge >= 0.3 is 0 Å². The number of benzene rings is 3. The Bertz CT molecular complexity index is 1850. The first kappa shape index (κ1) is 36.6. The molecule has 278 valence electrons. The number of carbonyl (C=O) groups excluding carboxylic acids is 3. The van der Waals surface area contributed by atoms with Crippen molar-refractivity contribution in [3.05, 3.63) is 82.9 Å². The quantitative estimate of drug-likeness (QED) is 0.155. The summed E-state index contributed by atoms with van der Waals surface area (Å²) in [6.07, 6.45) is 6.05. The molecule has 11 nitrogen and oxygen atoms in total. The molecule has 53 heavy (non-hydrogen) atoms. The second-order valence-electron chi connectivity index (χ2n) is 15.2. The van der Waals surface area contributed by atoms with E-state index in [0.717, 1.165) is 101 Å². The van der Waals surface area contributed by atoms with Crippen LogP contribution in [0.15, 0.2) is 66.7 Å². The van der Waals surface area contributed by atoms with Gasteiger partial charge in [-0.25, -0.2) is 0 Å². The van der Waals surface area contributed by atoms with Crippen LogP contribution in [-0.2, 0) is 9.59 Å².